The molecule has 0 aliphatic carbocycles. The van der Waals surface area contributed by atoms with E-state index in [4.69, 9.17) is 0 Å². The second kappa shape index (κ2) is 9.03. The summed E-state index contributed by atoms with van der Waals surface area (Å²) in [5, 5.41) is 1.15. The number of aldehydes is 1. The maximum absolute atomic E-state index is 10.6. The fourth-order valence-electron chi connectivity index (χ4n) is 1.79. The lowest BCUT2D eigenvalue weighted by atomic mass is 10.1. The molecule has 0 N–H and O–H groups in total. The molecule has 1 aromatic carbocycles. The molecule has 0 spiro atoms. The van der Waals surface area contributed by atoms with Crippen molar-refractivity contribution in [3.63, 3.8) is 0 Å². The van der Waals surface area contributed by atoms with E-state index in [1.165, 1.54) is 0 Å². The summed E-state index contributed by atoms with van der Waals surface area (Å²) in [5.41, 5.74) is 3.19. The van der Waals surface area contributed by atoms with Gasteiger partial charge in [-0.2, -0.15) is 0 Å². The van der Waals surface area contributed by atoms with Crippen molar-refractivity contribution in [1.29, 1.82) is 0 Å². The zero-order valence-electron chi connectivity index (χ0n) is 13.2. The van der Waals surface area contributed by atoms with Gasteiger partial charge in [0.05, 0.1) is 5.52 Å². The first-order chi connectivity index (χ1) is 10.1. The first-order valence-corrected chi connectivity index (χ1v) is 7.07. The molecule has 0 aliphatic rings. The van der Waals surface area contributed by atoms with Gasteiger partial charge in [0.2, 0.25) is 0 Å². The average Bonchev–Trinajstić information content (AvgIpc) is 2.52. The van der Waals surface area contributed by atoms with Gasteiger partial charge in [-0.3, -0.25) is 4.98 Å². The molecular formula is C18H23NO2. The van der Waals surface area contributed by atoms with Crippen LogP contribution < -0.4 is 0 Å². The van der Waals surface area contributed by atoms with Crippen LogP contribution in [0, 0.1) is 5.92 Å². The maximum Gasteiger partial charge on any atom is 0.126 e. The monoisotopic (exact) mass is 285 g/mol. The highest BCUT2D eigenvalue weighted by molar-refractivity contribution is 5.81. The van der Waals surface area contributed by atoms with Gasteiger partial charge in [-0.15, -0.1) is 0 Å². The van der Waals surface area contributed by atoms with Crippen LogP contribution in [0.15, 0.2) is 36.4 Å². The van der Waals surface area contributed by atoms with Gasteiger partial charge in [0.25, 0.3) is 0 Å². The van der Waals surface area contributed by atoms with E-state index in [0.717, 1.165) is 34.9 Å². The molecule has 1 aromatic heterocycles. The highest BCUT2D eigenvalue weighted by Crippen LogP contribution is 2.16. The van der Waals surface area contributed by atoms with Crippen molar-refractivity contribution in [3.05, 3.63) is 47.7 Å². The molecule has 0 saturated carbocycles. The van der Waals surface area contributed by atoms with E-state index in [2.05, 4.69) is 40.9 Å². The number of allylic oxidation sites excluding steroid dienone is 1. The van der Waals surface area contributed by atoms with Crippen LogP contribution in [-0.4, -0.2) is 25.5 Å². The van der Waals surface area contributed by atoms with Crippen molar-refractivity contribution in [1.82, 2.24) is 4.98 Å². The normalized spacial score (nSPS) is 12.0. The van der Waals surface area contributed by atoms with Crippen molar-refractivity contribution in [2.24, 2.45) is 5.92 Å². The third kappa shape index (κ3) is 5.48. The number of nitrogens with zero attached hydrogens (tertiary/aromatic N) is 1. The number of pyridine rings is 1. The van der Waals surface area contributed by atoms with Crippen LogP contribution in [0.1, 0.15) is 25.1 Å². The molecule has 3 heteroatoms. The van der Waals surface area contributed by atoms with Gasteiger partial charge in [0.1, 0.15) is 6.29 Å². The van der Waals surface area contributed by atoms with Crippen molar-refractivity contribution in [3.8, 4) is 0 Å². The summed E-state index contributed by atoms with van der Waals surface area (Å²) >= 11 is 0. The van der Waals surface area contributed by atoms with E-state index < -0.39 is 0 Å². The Hall–Kier alpha value is -2.00. The summed E-state index contributed by atoms with van der Waals surface area (Å²) in [6.45, 7) is 3.97. The average molecular weight is 285 g/mol. The number of ether oxygens (including phenoxy) is 1. The van der Waals surface area contributed by atoms with E-state index in [1.54, 1.807) is 14.2 Å². The summed E-state index contributed by atoms with van der Waals surface area (Å²) in [7, 11) is 3.25. The fourth-order valence-corrected chi connectivity index (χ4v) is 1.79. The number of aromatic nitrogens is 1. The van der Waals surface area contributed by atoms with Crippen LogP contribution >= 0.6 is 0 Å². The summed E-state index contributed by atoms with van der Waals surface area (Å²) in [4.78, 5) is 15.2. The van der Waals surface area contributed by atoms with E-state index in [1.807, 2.05) is 25.1 Å². The first-order valence-electron chi connectivity index (χ1n) is 7.07. The van der Waals surface area contributed by atoms with E-state index in [-0.39, 0.29) is 5.92 Å². The van der Waals surface area contributed by atoms with Crippen LogP contribution in [0.2, 0.25) is 0 Å². The Morgan fingerprint density at radius 3 is 2.52 bits per heavy atom. The van der Waals surface area contributed by atoms with Gasteiger partial charge in [-0.1, -0.05) is 44.2 Å². The van der Waals surface area contributed by atoms with Gasteiger partial charge >= 0.3 is 0 Å². The van der Waals surface area contributed by atoms with Gasteiger partial charge in [-0.05, 0) is 24.1 Å². The molecular weight excluding hydrogens is 262 g/mol. The van der Waals surface area contributed by atoms with Gasteiger partial charge in [0, 0.05) is 31.2 Å². The number of fused-ring (bicyclic) bond motifs is 1. The fraction of sp³-hybridized carbons (Fsp3) is 0.333. The van der Waals surface area contributed by atoms with E-state index in [9.17, 15) is 4.79 Å². The number of carbonyl (C=O) groups excluding carboxylic acids is 1. The minimum atomic E-state index is -0.0457. The zero-order chi connectivity index (χ0) is 15.7. The summed E-state index contributed by atoms with van der Waals surface area (Å²) < 4.78 is 4.25. The van der Waals surface area contributed by atoms with Crippen molar-refractivity contribution in [2.75, 3.05) is 14.2 Å². The van der Waals surface area contributed by atoms with E-state index >= 15 is 0 Å². The largest absolute Gasteiger partial charge is 0.388 e. The summed E-state index contributed by atoms with van der Waals surface area (Å²) in [6.07, 6.45) is 5.75. The van der Waals surface area contributed by atoms with Crippen molar-refractivity contribution < 1.29 is 9.53 Å². The Bertz CT molecular complexity index is 605. The summed E-state index contributed by atoms with van der Waals surface area (Å²) in [6, 6.07) is 10.3. The molecule has 21 heavy (non-hydrogen) atoms. The molecule has 1 unspecified atom stereocenters. The molecule has 2 aromatic rings. The standard InChI is InChI=1S/C16H17NO.C2H6O/c1-3-15-9-8-14-7-6-13(10-16(14)17-15)5-4-12(2)11-18;1-3-2/h4-12H,3H2,1-2H3;1-2H3/b5-4+;. The molecule has 0 saturated heterocycles. The number of benzene rings is 1. The molecule has 0 radical (unpaired) electrons. The molecule has 0 fully saturated rings. The molecule has 112 valence electrons. The minimum absolute atomic E-state index is 0.0457. The number of hydrogen-bond acceptors (Lipinski definition) is 3. The number of rotatable bonds is 4. The first kappa shape index (κ1) is 17.1. The van der Waals surface area contributed by atoms with Crippen molar-refractivity contribution in [2.45, 2.75) is 20.3 Å². The van der Waals surface area contributed by atoms with Gasteiger partial charge in [0.15, 0.2) is 0 Å². The third-order valence-corrected chi connectivity index (χ3v) is 2.94. The molecule has 3 nitrogen and oxygen atoms in total. The number of carbonyl (C=O) groups is 1. The van der Waals surface area contributed by atoms with E-state index in [0.29, 0.717) is 0 Å². The molecule has 1 heterocycles. The predicted octanol–water partition coefficient (Wildman–Crippen LogP) is 3.91. The molecule has 0 bridgehead atoms. The highest BCUT2D eigenvalue weighted by Gasteiger charge is 1.98. The minimum Gasteiger partial charge on any atom is -0.388 e. The van der Waals surface area contributed by atoms with Crippen LogP contribution in [-0.2, 0) is 16.0 Å². The van der Waals surface area contributed by atoms with Gasteiger partial charge in [-0.25, -0.2) is 0 Å². The summed E-state index contributed by atoms with van der Waals surface area (Å²) in [5.74, 6) is -0.0457. The van der Waals surface area contributed by atoms with Crippen LogP contribution in [0.25, 0.3) is 17.0 Å². The number of hydrogen-bond donors (Lipinski definition) is 0. The second-order valence-electron chi connectivity index (χ2n) is 4.87. The highest BCUT2D eigenvalue weighted by atomic mass is 16.4. The third-order valence-electron chi connectivity index (χ3n) is 2.94. The predicted molar refractivity (Wildman–Crippen MR) is 88.3 cm³/mol. The van der Waals surface area contributed by atoms with Crippen LogP contribution in [0.5, 0.6) is 0 Å². The van der Waals surface area contributed by atoms with Gasteiger partial charge < -0.3 is 9.53 Å². The van der Waals surface area contributed by atoms with Crippen molar-refractivity contribution >= 4 is 23.3 Å². The Morgan fingerprint density at radius 2 is 1.90 bits per heavy atom. The Morgan fingerprint density at radius 1 is 1.24 bits per heavy atom. The topological polar surface area (TPSA) is 39.2 Å². The Kier molecular flexibility index (Phi) is 7.33. The molecule has 2 rings (SSSR count). The second-order valence-corrected chi connectivity index (χ2v) is 4.87. The Balaban J connectivity index is 0.000000677. The molecule has 1 atom stereocenters. The zero-order valence-corrected chi connectivity index (χ0v) is 13.2. The molecule has 0 amide bonds. The van der Waals surface area contributed by atoms with Crippen LogP contribution in [0.3, 0.4) is 0 Å². The maximum atomic E-state index is 10.6. The lowest BCUT2D eigenvalue weighted by molar-refractivity contribution is -0.109. The van der Waals surface area contributed by atoms with Crippen LogP contribution in [0.4, 0.5) is 0 Å². The Labute approximate surface area is 126 Å². The lowest BCUT2D eigenvalue weighted by Crippen LogP contribution is -1.89. The number of methoxy groups -OCH3 is 1. The number of aryl methyl sites for hydroxylation is 1. The smallest absolute Gasteiger partial charge is 0.126 e. The molecule has 0 aliphatic heterocycles. The SMILES string of the molecule is CCc1ccc2ccc(/C=C/C(C)C=O)cc2n1.COC. The lowest BCUT2D eigenvalue weighted by Gasteiger charge is -2.02. The quantitative estimate of drug-likeness (QED) is 0.800.